The molecule has 1 aliphatic carbocycles. The second-order valence-corrected chi connectivity index (χ2v) is 6.88. The lowest BCUT2D eigenvalue weighted by Gasteiger charge is -2.13. The maximum Gasteiger partial charge on any atom is 0.271 e. The highest BCUT2D eigenvalue weighted by Crippen LogP contribution is 2.71. The van der Waals surface area contributed by atoms with Crippen LogP contribution in [0.2, 0.25) is 0 Å². The predicted octanol–water partition coefficient (Wildman–Crippen LogP) is 3.88. The van der Waals surface area contributed by atoms with Crippen LogP contribution in [0, 0.1) is 22.6 Å². The van der Waals surface area contributed by atoms with E-state index >= 15 is 0 Å². The van der Waals surface area contributed by atoms with Gasteiger partial charge in [0.1, 0.15) is 17.3 Å². The number of carbonyl (C=O) groups excluding carboxylic acids is 1. The third-order valence-electron chi connectivity index (χ3n) is 5.37. The lowest BCUT2D eigenvalue weighted by molar-refractivity contribution is -0.128. The van der Waals surface area contributed by atoms with Gasteiger partial charge in [0.15, 0.2) is 0 Å². The molecule has 1 aromatic heterocycles. The molecule has 0 spiro atoms. The third kappa shape index (κ3) is 2.78. The Bertz CT molecular complexity index is 986. The minimum atomic E-state index is -3.33. The van der Waals surface area contributed by atoms with E-state index in [0.717, 1.165) is 18.6 Å². The van der Waals surface area contributed by atoms with Gasteiger partial charge in [0.25, 0.3) is 5.92 Å². The van der Waals surface area contributed by atoms with E-state index in [2.05, 4.69) is 21.7 Å². The standard InChI is InChI=1S/C20H19F3N4O/c1-4-13-11(8-24)9-26-10-16(13)27-12-5-6-14(15(21)7-12)17-19(2,18(28)25-3)20(17,22)23/h5-7,9-10,17,27H,4H2,1-3H3,(H,25,28). The van der Waals surface area contributed by atoms with Gasteiger partial charge in [-0.3, -0.25) is 9.78 Å². The maximum atomic E-state index is 14.7. The van der Waals surface area contributed by atoms with E-state index in [9.17, 15) is 23.2 Å². The summed E-state index contributed by atoms with van der Waals surface area (Å²) in [5.74, 6) is -6.51. The molecule has 8 heteroatoms. The van der Waals surface area contributed by atoms with Crippen LogP contribution in [-0.2, 0) is 11.2 Å². The summed E-state index contributed by atoms with van der Waals surface area (Å²) in [6.45, 7) is 3.01. The smallest absolute Gasteiger partial charge is 0.271 e. The van der Waals surface area contributed by atoms with Gasteiger partial charge in [-0.1, -0.05) is 13.0 Å². The molecule has 5 nitrogen and oxygen atoms in total. The number of nitrogens with zero attached hydrogens (tertiary/aromatic N) is 2. The molecular formula is C20H19F3N4O. The van der Waals surface area contributed by atoms with Crippen LogP contribution in [0.5, 0.6) is 0 Å². The summed E-state index contributed by atoms with van der Waals surface area (Å²) in [4.78, 5) is 15.9. The van der Waals surface area contributed by atoms with Crippen molar-refractivity contribution in [2.24, 2.45) is 5.41 Å². The first-order valence-electron chi connectivity index (χ1n) is 8.75. The molecule has 2 N–H and O–H groups in total. The fourth-order valence-corrected chi connectivity index (χ4v) is 3.65. The number of pyridine rings is 1. The largest absolute Gasteiger partial charge is 0.358 e. The first kappa shape index (κ1) is 19.7. The number of nitriles is 1. The van der Waals surface area contributed by atoms with Crippen LogP contribution >= 0.6 is 0 Å². The minimum Gasteiger partial charge on any atom is -0.358 e. The fraction of sp³-hybridized carbons (Fsp3) is 0.350. The third-order valence-corrected chi connectivity index (χ3v) is 5.37. The summed E-state index contributed by atoms with van der Waals surface area (Å²) in [6.07, 6.45) is 3.53. The normalized spacial score (nSPS) is 22.2. The topological polar surface area (TPSA) is 77.8 Å². The quantitative estimate of drug-likeness (QED) is 0.815. The number of anilines is 2. The van der Waals surface area contributed by atoms with Gasteiger partial charge in [0.05, 0.1) is 23.4 Å². The molecule has 1 aliphatic rings. The van der Waals surface area contributed by atoms with Crippen molar-refractivity contribution < 1.29 is 18.0 Å². The summed E-state index contributed by atoms with van der Waals surface area (Å²) >= 11 is 0. The van der Waals surface area contributed by atoms with Gasteiger partial charge in [0.2, 0.25) is 5.91 Å². The van der Waals surface area contributed by atoms with Gasteiger partial charge in [0, 0.05) is 18.9 Å². The molecule has 2 atom stereocenters. The second-order valence-electron chi connectivity index (χ2n) is 6.88. The molecule has 28 heavy (non-hydrogen) atoms. The number of amides is 1. The first-order valence-corrected chi connectivity index (χ1v) is 8.75. The average Bonchev–Trinajstić information content (AvgIpc) is 3.14. The van der Waals surface area contributed by atoms with Crippen molar-refractivity contribution in [3.8, 4) is 6.07 Å². The molecule has 2 unspecified atom stereocenters. The molecule has 1 aromatic carbocycles. The monoisotopic (exact) mass is 388 g/mol. The number of alkyl halides is 2. The van der Waals surface area contributed by atoms with E-state index in [4.69, 9.17) is 0 Å². The molecule has 3 rings (SSSR count). The molecule has 1 amide bonds. The van der Waals surface area contributed by atoms with Crippen molar-refractivity contribution >= 4 is 17.3 Å². The van der Waals surface area contributed by atoms with Gasteiger partial charge in [-0.15, -0.1) is 0 Å². The van der Waals surface area contributed by atoms with Crippen LogP contribution in [-0.4, -0.2) is 23.9 Å². The predicted molar refractivity (Wildman–Crippen MR) is 97.9 cm³/mol. The second kappa shape index (κ2) is 6.82. The highest BCUT2D eigenvalue weighted by molar-refractivity contribution is 5.89. The summed E-state index contributed by atoms with van der Waals surface area (Å²) in [5.41, 5.74) is -0.176. The van der Waals surface area contributed by atoms with Crippen molar-refractivity contribution in [3.05, 3.63) is 53.1 Å². The Hall–Kier alpha value is -3.08. The van der Waals surface area contributed by atoms with Gasteiger partial charge >= 0.3 is 0 Å². The SMILES string of the molecule is CCc1c(C#N)cncc1Nc1ccc(C2C(F)(F)C2(C)C(=O)NC)c(F)c1. The molecule has 0 radical (unpaired) electrons. The summed E-state index contributed by atoms with van der Waals surface area (Å²) in [5, 5.41) is 14.4. The van der Waals surface area contributed by atoms with Crippen LogP contribution in [0.15, 0.2) is 30.6 Å². The number of hydrogen-bond donors (Lipinski definition) is 2. The molecule has 2 aromatic rings. The Kier molecular flexibility index (Phi) is 4.79. The van der Waals surface area contributed by atoms with E-state index in [0.29, 0.717) is 23.4 Å². The number of rotatable bonds is 5. The van der Waals surface area contributed by atoms with E-state index in [1.54, 1.807) is 0 Å². The van der Waals surface area contributed by atoms with Crippen LogP contribution in [0.3, 0.4) is 0 Å². The van der Waals surface area contributed by atoms with Gasteiger partial charge in [-0.25, -0.2) is 13.2 Å². The summed E-state index contributed by atoms with van der Waals surface area (Å²) < 4.78 is 43.2. The molecule has 0 saturated heterocycles. The summed E-state index contributed by atoms with van der Waals surface area (Å²) in [6, 6.07) is 5.89. The fourth-order valence-electron chi connectivity index (χ4n) is 3.65. The molecule has 1 fully saturated rings. The van der Waals surface area contributed by atoms with E-state index in [1.807, 2.05) is 6.92 Å². The maximum absolute atomic E-state index is 14.7. The Morgan fingerprint density at radius 3 is 2.64 bits per heavy atom. The van der Waals surface area contributed by atoms with Crippen molar-refractivity contribution in [1.82, 2.24) is 10.3 Å². The zero-order valence-electron chi connectivity index (χ0n) is 15.6. The minimum absolute atomic E-state index is 0.207. The Morgan fingerprint density at radius 2 is 2.07 bits per heavy atom. The molecule has 0 aliphatic heterocycles. The van der Waals surface area contributed by atoms with Gasteiger partial charge < -0.3 is 10.6 Å². The van der Waals surface area contributed by atoms with Gasteiger partial charge in [-0.2, -0.15) is 5.26 Å². The lowest BCUT2D eigenvalue weighted by Crippen LogP contribution is -2.31. The molecule has 1 heterocycles. The van der Waals surface area contributed by atoms with Crippen LogP contribution in [0.25, 0.3) is 0 Å². The first-order chi connectivity index (χ1) is 13.2. The number of benzene rings is 1. The average molecular weight is 388 g/mol. The number of carbonyl (C=O) groups is 1. The van der Waals surface area contributed by atoms with E-state index in [-0.39, 0.29) is 5.56 Å². The number of nitrogens with one attached hydrogen (secondary N) is 2. The van der Waals surface area contributed by atoms with Gasteiger partial charge in [-0.05, 0) is 36.6 Å². The number of halogens is 3. The number of hydrogen-bond acceptors (Lipinski definition) is 4. The van der Waals surface area contributed by atoms with Crippen molar-refractivity contribution in [2.75, 3.05) is 12.4 Å². The zero-order valence-corrected chi connectivity index (χ0v) is 15.6. The van der Waals surface area contributed by atoms with Crippen LogP contribution < -0.4 is 10.6 Å². The van der Waals surface area contributed by atoms with Crippen LogP contribution in [0.1, 0.15) is 36.5 Å². The molecule has 146 valence electrons. The van der Waals surface area contributed by atoms with E-state index < -0.39 is 29.0 Å². The number of aromatic nitrogens is 1. The lowest BCUT2D eigenvalue weighted by atomic mass is 9.99. The Balaban J connectivity index is 1.91. The van der Waals surface area contributed by atoms with Crippen LogP contribution in [0.4, 0.5) is 24.5 Å². The Labute approximate surface area is 160 Å². The zero-order chi connectivity index (χ0) is 20.7. The van der Waals surface area contributed by atoms with E-state index in [1.165, 1.54) is 31.6 Å². The van der Waals surface area contributed by atoms with Crippen molar-refractivity contribution in [2.45, 2.75) is 32.1 Å². The molecular weight excluding hydrogens is 369 g/mol. The summed E-state index contributed by atoms with van der Waals surface area (Å²) in [7, 11) is 1.27. The van der Waals surface area contributed by atoms with Crippen molar-refractivity contribution in [3.63, 3.8) is 0 Å². The molecule has 1 saturated carbocycles. The highest BCUT2D eigenvalue weighted by Gasteiger charge is 2.82. The van der Waals surface area contributed by atoms with Crippen molar-refractivity contribution in [1.29, 1.82) is 5.26 Å². The molecule has 0 bridgehead atoms. The Morgan fingerprint density at radius 1 is 1.36 bits per heavy atom. The highest BCUT2D eigenvalue weighted by atomic mass is 19.3.